The summed E-state index contributed by atoms with van der Waals surface area (Å²) in [6, 6.07) is 11.5. The van der Waals surface area contributed by atoms with Crippen LogP contribution in [0.2, 0.25) is 5.02 Å². The zero-order valence-electron chi connectivity index (χ0n) is 22.6. The molecule has 0 radical (unpaired) electrons. The van der Waals surface area contributed by atoms with Gasteiger partial charge in [-0.25, -0.2) is 14.4 Å². The van der Waals surface area contributed by atoms with Gasteiger partial charge in [-0.05, 0) is 36.9 Å². The molecule has 3 aliphatic rings. The van der Waals surface area contributed by atoms with E-state index in [2.05, 4.69) is 37.5 Å². The van der Waals surface area contributed by atoms with Crippen LogP contribution >= 0.6 is 11.6 Å². The molecule has 4 aromatic rings. The Kier molecular flexibility index (Phi) is 6.78. The first kappa shape index (κ1) is 26.2. The van der Waals surface area contributed by atoms with Crippen LogP contribution in [-0.2, 0) is 0 Å². The Morgan fingerprint density at radius 2 is 2.05 bits per heavy atom. The number of fused-ring (bicyclic) bond motifs is 3. The van der Waals surface area contributed by atoms with Crippen molar-refractivity contribution < 1.29 is 13.7 Å². The summed E-state index contributed by atoms with van der Waals surface area (Å²) in [7, 11) is 0. The summed E-state index contributed by atoms with van der Waals surface area (Å²) in [5.41, 5.74) is 3.58. The summed E-state index contributed by atoms with van der Waals surface area (Å²) in [6.45, 7) is 4.09. The number of pyridine rings is 1. The molecule has 0 amide bonds. The number of halogens is 2. The second-order valence-electron chi connectivity index (χ2n) is 10.9. The van der Waals surface area contributed by atoms with Crippen molar-refractivity contribution >= 4 is 45.3 Å². The molecule has 1 fully saturated rings. The molecule has 7 rings (SSSR count). The van der Waals surface area contributed by atoms with Crippen molar-refractivity contribution in [1.29, 1.82) is 0 Å². The normalized spacial score (nSPS) is 20.7. The Labute approximate surface area is 242 Å². The van der Waals surface area contributed by atoms with Gasteiger partial charge in [-0.1, -0.05) is 48.0 Å². The third-order valence-corrected chi connectivity index (χ3v) is 8.78. The molecule has 5 heterocycles. The zero-order valence-corrected chi connectivity index (χ0v) is 23.3. The molecule has 1 saturated heterocycles. The van der Waals surface area contributed by atoms with Gasteiger partial charge in [0.1, 0.15) is 29.7 Å². The summed E-state index contributed by atoms with van der Waals surface area (Å²) < 4.78 is 24.8. The first-order chi connectivity index (χ1) is 20.1. The highest BCUT2D eigenvalue weighted by Crippen LogP contribution is 2.39. The molecular weight excluding hydrogens is 543 g/mol. The average Bonchev–Trinajstić information content (AvgIpc) is 3.57. The van der Waals surface area contributed by atoms with Crippen LogP contribution in [-0.4, -0.2) is 80.5 Å². The minimum Gasteiger partial charge on any atom is -0.442 e. The van der Waals surface area contributed by atoms with E-state index < -0.39 is 5.82 Å². The van der Waals surface area contributed by atoms with Crippen molar-refractivity contribution in [3.63, 3.8) is 0 Å². The maximum atomic E-state index is 16.5. The molecule has 210 valence electrons. The smallest absolute Gasteiger partial charge is 0.434 e. The van der Waals surface area contributed by atoms with Crippen LogP contribution in [0.1, 0.15) is 19.3 Å². The highest BCUT2D eigenvalue weighted by molar-refractivity contribution is 6.36. The highest BCUT2D eigenvalue weighted by atomic mass is 35.5. The number of ether oxygens (including phenoxy) is 1. The Bertz CT molecular complexity index is 1710. The number of hydrazine groups is 1. The Morgan fingerprint density at radius 1 is 1.17 bits per heavy atom. The number of nitrogens with zero attached hydrogens (tertiary/aromatic N) is 6. The largest absolute Gasteiger partial charge is 0.442 e. The molecule has 3 N–H and O–H groups in total. The van der Waals surface area contributed by atoms with E-state index in [1.807, 2.05) is 41.1 Å². The monoisotopic (exact) mass is 573 g/mol. The fourth-order valence-electron chi connectivity index (χ4n) is 6.32. The van der Waals surface area contributed by atoms with Gasteiger partial charge in [0.25, 0.3) is 0 Å². The maximum absolute atomic E-state index is 16.5. The van der Waals surface area contributed by atoms with E-state index in [4.69, 9.17) is 27.2 Å². The maximum Gasteiger partial charge on any atom is 0.434 e. The first-order valence-corrected chi connectivity index (χ1v) is 14.3. The van der Waals surface area contributed by atoms with Crippen molar-refractivity contribution in [2.45, 2.75) is 24.8 Å². The van der Waals surface area contributed by atoms with Crippen LogP contribution in [0.3, 0.4) is 0 Å². The zero-order chi connectivity index (χ0) is 28.0. The van der Waals surface area contributed by atoms with Gasteiger partial charge < -0.3 is 9.64 Å². The van der Waals surface area contributed by atoms with Crippen LogP contribution in [0.5, 0.6) is 6.01 Å². The quantitative estimate of drug-likeness (QED) is 0.193. The van der Waals surface area contributed by atoms with Crippen LogP contribution in [0.4, 0.5) is 10.2 Å². The van der Waals surface area contributed by atoms with Gasteiger partial charge >= 0.3 is 11.8 Å². The molecule has 3 aliphatic heterocycles. The van der Waals surface area contributed by atoms with E-state index in [0.717, 1.165) is 43.1 Å². The van der Waals surface area contributed by atoms with Crippen molar-refractivity contribution in [1.82, 2.24) is 30.2 Å². The SMILES string of the molecule is NNCN1CC=[N+](c2nc(OCC34CC=CN3CCC4)nc3c(F)c(-c4cccc5cccc(Cl)c45)ncc23)CC1. The lowest BCUT2D eigenvalue weighted by Crippen LogP contribution is -2.45. The molecule has 9 nitrogen and oxygen atoms in total. The predicted octanol–water partition coefficient (Wildman–Crippen LogP) is 4.22. The average molecular weight is 574 g/mol. The van der Waals surface area contributed by atoms with E-state index in [1.165, 1.54) is 0 Å². The lowest BCUT2D eigenvalue weighted by atomic mass is 9.96. The van der Waals surface area contributed by atoms with E-state index in [-0.39, 0.29) is 22.8 Å². The van der Waals surface area contributed by atoms with Gasteiger partial charge in [0, 0.05) is 40.2 Å². The first-order valence-electron chi connectivity index (χ1n) is 13.9. The van der Waals surface area contributed by atoms with Gasteiger partial charge in [0.05, 0.1) is 25.0 Å². The van der Waals surface area contributed by atoms with E-state index >= 15 is 4.39 Å². The summed E-state index contributed by atoms with van der Waals surface area (Å²) in [5.74, 6) is 5.56. The van der Waals surface area contributed by atoms with E-state index in [1.54, 1.807) is 12.3 Å². The van der Waals surface area contributed by atoms with Crippen LogP contribution in [0, 0.1) is 5.82 Å². The second kappa shape index (κ2) is 10.6. The predicted molar refractivity (Wildman–Crippen MR) is 158 cm³/mol. The second-order valence-corrected chi connectivity index (χ2v) is 11.3. The summed E-state index contributed by atoms with van der Waals surface area (Å²) >= 11 is 6.58. The standard InChI is InChI=1S/C30H31ClFN8O/c31-23-8-2-6-20-5-1-7-21(24(20)23)26-25(32)27-22(17-34-26)28(39-15-13-38(14-16-39)19-35-33)37-29(36-27)41-18-30-9-3-11-40(30)12-4-10-30/h1-3,5-8,11,15,17,35H,4,9-10,12-14,16,18-19,33H2/q+1. The van der Waals surface area contributed by atoms with Gasteiger partial charge in [-0.2, -0.15) is 4.98 Å². The van der Waals surface area contributed by atoms with Gasteiger partial charge in [-0.3, -0.25) is 15.7 Å². The molecular formula is C30H31ClFN8O+. The lowest BCUT2D eigenvalue weighted by molar-refractivity contribution is -0.446. The van der Waals surface area contributed by atoms with Crippen LogP contribution < -0.4 is 16.0 Å². The number of hydrogen-bond acceptors (Lipinski definition) is 8. The van der Waals surface area contributed by atoms with Crippen molar-refractivity contribution in [2.75, 3.05) is 39.5 Å². The Hall–Kier alpha value is -3.70. The van der Waals surface area contributed by atoms with E-state index in [9.17, 15) is 0 Å². The molecule has 11 heteroatoms. The van der Waals surface area contributed by atoms with Crippen LogP contribution in [0.25, 0.3) is 32.9 Å². The van der Waals surface area contributed by atoms with Gasteiger partial charge in [0.15, 0.2) is 5.82 Å². The molecule has 0 spiro atoms. The van der Waals surface area contributed by atoms with Crippen molar-refractivity contribution in [3.8, 4) is 17.3 Å². The molecule has 41 heavy (non-hydrogen) atoms. The molecule has 0 aliphatic carbocycles. The molecule has 0 bridgehead atoms. The molecule has 1 atom stereocenters. The van der Waals surface area contributed by atoms with Crippen LogP contribution in [0.15, 0.2) is 54.9 Å². The number of nitrogens with two attached hydrogens (primary N) is 1. The Balaban J connectivity index is 1.34. The number of rotatable bonds is 7. The summed E-state index contributed by atoms with van der Waals surface area (Å²) in [6.07, 6.45) is 11.1. The van der Waals surface area contributed by atoms with Crippen molar-refractivity contribution in [3.05, 3.63) is 65.7 Å². The number of nitrogens with one attached hydrogen (secondary N) is 1. The minimum atomic E-state index is -0.530. The molecule has 2 aromatic heterocycles. The fraction of sp³-hybridized carbons (Fsp3) is 0.333. The minimum absolute atomic E-state index is 0.0902. The number of aromatic nitrogens is 3. The Morgan fingerprint density at radius 3 is 2.88 bits per heavy atom. The van der Waals surface area contributed by atoms with Crippen molar-refractivity contribution in [2.24, 2.45) is 5.84 Å². The third kappa shape index (κ3) is 4.61. The topological polar surface area (TPSA) is 95.4 Å². The van der Waals surface area contributed by atoms with Gasteiger partial charge in [0.2, 0.25) is 0 Å². The fourth-order valence-corrected chi connectivity index (χ4v) is 6.60. The highest BCUT2D eigenvalue weighted by Gasteiger charge is 2.42. The summed E-state index contributed by atoms with van der Waals surface area (Å²) in [5, 5.41) is 2.72. The molecule has 2 aromatic carbocycles. The number of benzene rings is 2. The van der Waals surface area contributed by atoms with Gasteiger partial charge in [-0.15, -0.1) is 0 Å². The lowest BCUT2D eigenvalue weighted by Gasteiger charge is -2.32. The number of hydrogen-bond donors (Lipinski definition) is 2. The molecule has 0 saturated carbocycles. The third-order valence-electron chi connectivity index (χ3n) is 8.46. The van der Waals surface area contributed by atoms with E-state index in [0.29, 0.717) is 48.2 Å². The summed E-state index contributed by atoms with van der Waals surface area (Å²) in [4.78, 5) is 18.6. The molecule has 1 unspecified atom stereocenters.